The summed E-state index contributed by atoms with van der Waals surface area (Å²) in [6.45, 7) is 6.80. The van der Waals surface area contributed by atoms with Gasteiger partial charge in [-0.3, -0.25) is 9.59 Å². The van der Waals surface area contributed by atoms with Crippen molar-refractivity contribution in [3.8, 4) is 11.5 Å². The molecule has 2 saturated heterocycles. The van der Waals surface area contributed by atoms with Gasteiger partial charge in [-0.1, -0.05) is 31.9 Å². The Labute approximate surface area is 341 Å². The number of aromatic nitrogens is 1. The minimum absolute atomic E-state index is 0.0468. The molecule has 3 amide bonds. The van der Waals surface area contributed by atoms with Gasteiger partial charge < -0.3 is 34.9 Å². The predicted octanol–water partition coefficient (Wildman–Crippen LogP) is 5.63. The summed E-state index contributed by atoms with van der Waals surface area (Å²) in [6, 6.07) is 1.59. The molecule has 4 aliphatic heterocycles. The zero-order valence-electron chi connectivity index (χ0n) is 33.7. The number of carbonyl (C=O) groups is 3. The van der Waals surface area contributed by atoms with Crippen molar-refractivity contribution in [1.29, 1.82) is 0 Å². The summed E-state index contributed by atoms with van der Waals surface area (Å²) >= 11 is 0. The van der Waals surface area contributed by atoms with Gasteiger partial charge in [-0.15, -0.1) is 17.5 Å². The third-order valence-corrected chi connectivity index (χ3v) is 16.1. The van der Waals surface area contributed by atoms with Crippen LogP contribution in [0.3, 0.4) is 0 Å². The fraction of sp³-hybridized carbons (Fsp3) is 0.659. The van der Waals surface area contributed by atoms with Gasteiger partial charge in [-0.25, -0.2) is 18.2 Å². The van der Waals surface area contributed by atoms with Crippen molar-refractivity contribution in [2.24, 2.45) is 5.92 Å². The molecule has 14 nitrogen and oxygen atoms in total. The molecule has 2 aromatic rings. The number of aryl methyl sites for hydroxylation is 2. The van der Waals surface area contributed by atoms with Crippen LogP contribution in [0.4, 0.5) is 18.0 Å². The number of aliphatic hydroxyl groups is 1. The van der Waals surface area contributed by atoms with Gasteiger partial charge in [0.05, 0.1) is 22.5 Å². The van der Waals surface area contributed by atoms with Crippen LogP contribution >= 0.6 is 0 Å². The first kappa shape index (κ1) is 41.6. The van der Waals surface area contributed by atoms with E-state index >= 15 is 0 Å². The molecule has 322 valence electrons. The van der Waals surface area contributed by atoms with Crippen molar-refractivity contribution in [2.45, 2.75) is 157 Å². The number of halogens is 3. The Hall–Kier alpha value is -4.16. The molecular formula is C41H52F3N5O9S. The van der Waals surface area contributed by atoms with Crippen molar-refractivity contribution in [1.82, 2.24) is 24.8 Å². The van der Waals surface area contributed by atoms with Gasteiger partial charge in [0.15, 0.2) is 11.9 Å². The number of rotatable bonds is 5. The zero-order valence-corrected chi connectivity index (χ0v) is 34.5. The number of hydrogen-bond acceptors (Lipinski definition) is 10. The van der Waals surface area contributed by atoms with E-state index in [1.165, 1.54) is 23.1 Å². The van der Waals surface area contributed by atoms with Gasteiger partial charge in [0.25, 0.3) is 0 Å². The number of fused-ring (bicyclic) bond motifs is 4. The van der Waals surface area contributed by atoms with Gasteiger partial charge in [0.1, 0.15) is 34.8 Å². The first-order chi connectivity index (χ1) is 27.7. The lowest BCUT2D eigenvalue weighted by atomic mass is 9.82. The van der Waals surface area contributed by atoms with Crippen molar-refractivity contribution in [3.05, 3.63) is 41.6 Å². The summed E-state index contributed by atoms with van der Waals surface area (Å²) in [4.78, 5) is 49.0. The zero-order chi connectivity index (χ0) is 42.3. The number of allylic oxidation sites excluding steroid dienone is 1. The van der Waals surface area contributed by atoms with E-state index in [1.807, 2.05) is 13.0 Å². The normalized spacial score (nSPS) is 33.4. The number of amides is 3. The number of aliphatic hydroxyl groups excluding tert-OH is 1. The van der Waals surface area contributed by atoms with Crippen LogP contribution in [-0.4, -0.2) is 98.5 Å². The molecule has 6 aliphatic rings. The molecule has 0 bridgehead atoms. The number of ether oxygens (including phenoxy) is 3. The summed E-state index contributed by atoms with van der Waals surface area (Å²) in [7, 11) is -4.06. The lowest BCUT2D eigenvalue weighted by Gasteiger charge is -2.38. The Kier molecular flexibility index (Phi) is 10.2. The Morgan fingerprint density at radius 1 is 1.08 bits per heavy atom. The number of nitrogens with one attached hydrogen (secondary N) is 2. The van der Waals surface area contributed by atoms with E-state index in [2.05, 4.69) is 20.4 Å². The molecule has 18 heteroatoms. The van der Waals surface area contributed by atoms with Crippen LogP contribution in [0.1, 0.15) is 109 Å². The Morgan fingerprint density at radius 2 is 1.83 bits per heavy atom. The van der Waals surface area contributed by atoms with Gasteiger partial charge in [0, 0.05) is 23.3 Å². The van der Waals surface area contributed by atoms with Gasteiger partial charge in [0.2, 0.25) is 21.8 Å². The van der Waals surface area contributed by atoms with Crippen LogP contribution in [-0.2, 0) is 30.8 Å². The average Bonchev–Trinajstić information content (AvgIpc) is 4.00. The van der Waals surface area contributed by atoms with Crippen molar-refractivity contribution >= 4 is 38.8 Å². The lowest BCUT2D eigenvalue weighted by molar-refractivity contribution is -0.274. The highest BCUT2D eigenvalue weighted by atomic mass is 32.2. The van der Waals surface area contributed by atoms with E-state index < -0.39 is 85.9 Å². The minimum Gasteiger partial charge on any atom is -0.483 e. The second kappa shape index (κ2) is 14.5. The van der Waals surface area contributed by atoms with Crippen molar-refractivity contribution < 1.29 is 55.3 Å². The van der Waals surface area contributed by atoms with E-state index in [0.29, 0.717) is 79.3 Å². The topological polar surface area (TPSA) is 176 Å². The lowest BCUT2D eigenvalue weighted by Crippen LogP contribution is -2.57. The Balaban J connectivity index is 1.15. The van der Waals surface area contributed by atoms with Crippen LogP contribution in [0.5, 0.6) is 11.5 Å². The molecule has 0 radical (unpaired) electrons. The minimum atomic E-state index is -4.91. The third kappa shape index (κ3) is 7.51. The highest BCUT2D eigenvalue weighted by molar-refractivity contribution is 7.91. The van der Waals surface area contributed by atoms with Gasteiger partial charge in [-0.2, -0.15) is 0 Å². The maximum atomic E-state index is 14.9. The summed E-state index contributed by atoms with van der Waals surface area (Å²) in [5.41, 5.74) is -2.05. The highest BCUT2D eigenvalue weighted by Crippen LogP contribution is 2.55. The fourth-order valence-electron chi connectivity index (χ4n) is 9.38. The molecule has 59 heavy (non-hydrogen) atoms. The molecule has 1 aromatic carbocycles. The Morgan fingerprint density at radius 3 is 2.51 bits per heavy atom. The van der Waals surface area contributed by atoms with E-state index in [0.717, 1.165) is 17.1 Å². The van der Waals surface area contributed by atoms with Gasteiger partial charge >= 0.3 is 12.5 Å². The number of alkyl halides is 3. The number of alkyl carbamates (subject to hydrolysis) is 1. The van der Waals surface area contributed by atoms with Crippen LogP contribution < -0.4 is 20.1 Å². The molecule has 5 heterocycles. The summed E-state index contributed by atoms with van der Waals surface area (Å²) in [6.07, 6.45) is 3.05. The summed E-state index contributed by atoms with van der Waals surface area (Å²) < 4.78 is 84.0. The standard InChI is InChI=1S/C41H52F3N5O9S/c1-24-11-8-6-5-7-9-12-30(46-36(53)58-37(3)16-10-17-37)34(51)48-23-39(22-31(48)33(50)47-40(24)35(52)49(40)59(54,55)38(4)19-20-38)18-15-27-28-21-26(56-41(42,43)44)13-14-29(28)45-25(2)32(27)57-39/h8,11,13-14,21,24,30-31,35,52H,5-7,9-10,12,15-20,22-23H2,1-4H3,(H,46,53)(H,47,50)/b11-8-/t24-,30-,31-,35?,39+,40-,49?/m0/s1. The largest absolute Gasteiger partial charge is 0.573 e. The molecule has 3 N–H and O–H groups in total. The predicted molar refractivity (Wildman–Crippen MR) is 207 cm³/mol. The molecule has 2 spiro atoms. The fourth-order valence-corrected chi connectivity index (χ4v) is 11.6. The molecule has 2 aliphatic carbocycles. The van der Waals surface area contributed by atoms with Crippen LogP contribution in [0.25, 0.3) is 10.9 Å². The Bertz CT molecular complexity index is 2200. The molecule has 8 rings (SSSR count). The number of benzene rings is 1. The van der Waals surface area contributed by atoms with E-state index in [1.54, 1.807) is 26.8 Å². The van der Waals surface area contributed by atoms with Crippen molar-refractivity contribution in [2.75, 3.05) is 6.54 Å². The summed E-state index contributed by atoms with van der Waals surface area (Å²) in [5.74, 6) is -2.01. The number of sulfonamides is 1. The first-order valence-corrected chi connectivity index (χ1v) is 22.0. The second-order valence-corrected chi connectivity index (χ2v) is 20.2. The van der Waals surface area contributed by atoms with Crippen molar-refractivity contribution in [3.63, 3.8) is 0 Å². The van der Waals surface area contributed by atoms with Gasteiger partial charge in [-0.05, 0) is 103 Å². The molecule has 2 unspecified atom stereocenters. The van der Waals surface area contributed by atoms with E-state index in [9.17, 15) is 41.1 Å². The third-order valence-electron chi connectivity index (χ3n) is 13.4. The SMILES string of the molecule is Cc1nc2ccc(OC(F)(F)F)cc2c2c1O[C@]1(CC2)C[C@H]2C(=O)N[C@@]3(C(O)N3S(=O)(=O)C3(C)CC3)[C@@H](C)/C=C\CCCCC[C@H](NC(=O)OC3(C)CCC3)C(=O)N2C1. The van der Waals surface area contributed by atoms with E-state index in [4.69, 9.17) is 9.47 Å². The molecule has 7 atom stereocenters. The molecular weight excluding hydrogens is 796 g/mol. The smallest absolute Gasteiger partial charge is 0.483 e. The molecule has 1 aromatic heterocycles. The number of pyridine rings is 1. The molecule has 2 saturated carbocycles. The van der Waals surface area contributed by atoms with Crippen LogP contribution in [0, 0.1) is 12.8 Å². The maximum Gasteiger partial charge on any atom is 0.573 e. The van der Waals surface area contributed by atoms with Crippen LogP contribution in [0.2, 0.25) is 0 Å². The first-order valence-electron chi connectivity index (χ1n) is 20.6. The second-order valence-electron chi connectivity index (χ2n) is 17.9. The van der Waals surface area contributed by atoms with Crippen LogP contribution in [0.15, 0.2) is 30.4 Å². The monoisotopic (exact) mass is 847 g/mol. The summed E-state index contributed by atoms with van der Waals surface area (Å²) in [5, 5.41) is 17.6. The maximum absolute atomic E-state index is 14.9. The average molecular weight is 848 g/mol. The quantitative estimate of drug-likeness (QED) is 0.253. The number of hydrogen-bond donors (Lipinski definition) is 3. The highest BCUT2D eigenvalue weighted by Gasteiger charge is 2.75. The van der Waals surface area contributed by atoms with E-state index in [-0.39, 0.29) is 25.8 Å². The molecule has 4 fully saturated rings. The number of carbonyl (C=O) groups excluding carboxylic acids is 3. The number of nitrogens with zero attached hydrogens (tertiary/aromatic N) is 3.